The Hall–Kier alpha value is -2.47. The summed E-state index contributed by atoms with van der Waals surface area (Å²) in [5.41, 5.74) is 2.09. The lowest BCUT2D eigenvalue weighted by Gasteiger charge is -2.34. The average Bonchev–Trinajstić information content (AvgIpc) is 3.11. The number of fused-ring (bicyclic) bond motifs is 1. The van der Waals surface area contributed by atoms with E-state index in [0.29, 0.717) is 24.6 Å². The fraction of sp³-hybridized carbons (Fsp3) is 0.429. The van der Waals surface area contributed by atoms with E-state index in [0.717, 1.165) is 22.0 Å². The highest BCUT2D eigenvalue weighted by Gasteiger charge is 2.43. The van der Waals surface area contributed by atoms with Gasteiger partial charge in [-0.05, 0) is 43.4 Å². The van der Waals surface area contributed by atoms with Crippen LogP contribution in [0.4, 0.5) is 0 Å². The minimum atomic E-state index is -3.75. The first kappa shape index (κ1) is 23.2. The summed E-state index contributed by atoms with van der Waals surface area (Å²) in [7, 11) is -3.75. The molecule has 0 aliphatic carbocycles. The number of aliphatic hydroxyl groups is 1. The first-order valence-electron chi connectivity index (χ1n) is 9.39. The van der Waals surface area contributed by atoms with Crippen LogP contribution in [0.5, 0.6) is 0 Å². The highest BCUT2D eigenvalue weighted by Crippen LogP contribution is 2.28. The van der Waals surface area contributed by atoms with E-state index < -0.39 is 26.1 Å². The molecule has 1 atom stereocenters. The van der Waals surface area contributed by atoms with Crippen molar-refractivity contribution < 1.29 is 28.3 Å². The molecule has 1 saturated heterocycles. The maximum absolute atomic E-state index is 12.1. The Bertz CT molecular complexity index is 1230. The van der Waals surface area contributed by atoms with E-state index >= 15 is 0 Å². The van der Waals surface area contributed by atoms with Gasteiger partial charge in [-0.1, -0.05) is 11.8 Å². The number of hydrogen-bond donors (Lipinski definition) is 3. The third-order valence-electron chi connectivity index (χ3n) is 5.17. The van der Waals surface area contributed by atoms with Crippen LogP contribution in [0.15, 0.2) is 18.2 Å². The molecule has 1 aliphatic rings. The monoisotopic (exact) mass is 462 g/mol. The van der Waals surface area contributed by atoms with Gasteiger partial charge in [0.15, 0.2) is 9.84 Å². The van der Waals surface area contributed by atoms with Crippen molar-refractivity contribution in [3.8, 4) is 23.7 Å². The van der Waals surface area contributed by atoms with Crippen LogP contribution in [0.3, 0.4) is 0 Å². The second-order valence-corrected chi connectivity index (χ2v) is 11.2. The number of aromatic nitrogens is 1. The van der Waals surface area contributed by atoms with Crippen LogP contribution in [0, 0.1) is 23.7 Å². The van der Waals surface area contributed by atoms with Gasteiger partial charge in [0, 0.05) is 24.7 Å². The Morgan fingerprint density at radius 3 is 2.74 bits per heavy atom. The number of nitrogens with one attached hydrogen (secondary N) is 1. The molecular weight excluding hydrogens is 440 g/mol. The smallest absolute Gasteiger partial charge is 0.264 e. The Morgan fingerprint density at radius 1 is 1.39 bits per heavy atom. The maximum atomic E-state index is 12.1. The van der Waals surface area contributed by atoms with Crippen LogP contribution in [-0.2, 0) is 25.8 Å². The van der Waals surface area contributed by atoms with Crippen LogP contribution >= 0.6 is 11.3 Å². The van der Waals surface area contributed by atoms with E-state index in [9.17, 15) is 18.3 Å². The number of hydroxylamine groups is 1. The molecule has 10 heteroatoms. The molecule has 31 heavy (non-hydrogen) atoms. The summed E-state index contributed by atoms with van der Waals surface area (Å²) in [6, 6.07) is 5.50. The standard InChI is InChI=1S/C21H22N2O6S2/c1-20(19(24)23-26,31(2,27)28)11-9-18-22-16-8-7-15(12-17(16)30-18)6-4-3-5-10-21(25)13-29-14-21/h7-8,12,25-26H,9-11,13-14H2,1-2H3,(H,23,24)/t20-/m1/s1. The summed E-state index contributed by atoms with van der Waals surface area (Å²) < 4.78 is 28.2. The van der Waals surface area contributed by atoms with Crippen LogP contribution in [0.1, 0.15) is 30.3 Å². The van der Waals surface area contributed by atoms with E-state index in [1.165, 1.54) is 23.7 Å². The molecule has 2 aromatic rings. The number of benzene rings is 1. The molecule has 164 valence electrons. The zero-order valence-electron chi connectivity index (χ0n) is 17.1. The predicted octanol–water partition coefficient (Wildman–Crippen LogP) is 1.04. The molecule has 0 spiro atoms. The quantitative estimate of drug-likeness (QED) is 0.333. The summed E-state index contributed by atoms with van der Waals surface area (Å²) in [6.07, 6.45) is 1.53. The first-order valence-corrected chi connectivity index (χ1v) is 12.1. The number of hydrogen-bond acceptors (Lipinski definition) is 8. The Labute approximate surface area is 184 Å². The number of carbonyl (C=O) groups is 1. The van der Waals surface area contributed by atoms with Crippen molar-refractivity contribution in [2.24, 2.45) is 0 Å². The number of thiazole rings is 1. The molecule has 3 rings (SSSR count). The van der Waals surface area contributed by atoms with Crippen LogP contribution in [0.2, 0.25) is 0 Å². The molecule has 1 aliphatic heterocycles. The highest BCUT2D eigenvalue weighted by molar-refractivity contribution is 7.92. The van der Waals surface area contributed by atoms with E-state index in [2.05, 4.69) is 28.7 Å². The Morgan fingerprint density at radius 2 is 2.13 bits per heavy atom. The summed E-state index contributed by atoms with van der Waals surface area (Å²) in [5.74, 6) is 10.3. The van der Waals surface area contributed by atoms with Gasteiger partial charge in [0.2, 0.25) is 0 Å². The van der Waals surface area contributed by atoms with Crippen LogP contribution < -0.4 is 5.48 Å². The van der Waals surface area contributed by atoms with Crippen molar-refractivity contribution in [3.63, 3.8) is 0 Å². The third-order valence-corrected chi connectivity index (χ3v) is 8.27. The molecule has 1 aromatic carbocycles. The lowest BCUT2D eigenvalue weighted by molar-refractivity contribution is -0.174. The van der Waals surface area contributed by atoms with Gasteiger partial charge in [-0.15, -0.1) is 11.3 Å². The molecule has 1 amide bonds. The molecule has 1 aromatic heterocycles. The summed E-state index contributed by atoms with van der Waals surface area (Å²) in [4.78, 5) is 16.4. The molecule has 2 heterocycles. The average molecular weight is 463 g/mol. The van der Waals surface area contributed by atoms with Gasteiger partial charge in [0.1, 0.15) is 10.3 Å². The van der Waals surface area contributed by atoms with Crippen molar-refractivity contribution >= 4 is 37.3 Å². The lowest BCUT2D eigenvalue weighted by Crippen LogP contribution is -2.49. The molecule has 1 fully saturated rings. The largest absolute Gasteiger partial charge is 0.384 e. The molecule has 3 N–H and O–H groups in total. The molecular formula is C21H22N2O6S2. The maximum Gasteiger partial charge on any atom is 0.264 e. The number of ether oxygens (including phenoxy) is 1. The molecule has 0 radical (unpaired) electrons. The number of rotatable bonds is 6. The Balaban J connectivity index is 1.70. The molecule has 0 unspecified atom stereocenters. The second kappa shape index (κ2) is 8.95. The zero-order chi connectivity index (χ0) is 22.7. The molecule has 8 nitrogen and oxygen atoms in total. The second-order valence-electron chi connectivity index (χ2n) is 7.68. The molecule has 0 saturated carbocycles. The van der Waals surface area contributed by atoms with Crippen molar-refractivity contribution in [2.75, 3.05) is 19.5 Å². The van der Waals surface area contributed by atoms with Gasteiger partial charge >= 0.3 is 0 Å². The third kappa shape index (κ3) is 5.24. The van der Waals surface area contributed by atoms with Crippen molar-refractivity contribution in [2.45, 2.75) is 36.5 Å². The topological polar surface area (TPSA) is 126 Å². The van der Waals surface area contributed by atoms with E-state index in [1.807, 2.05) is 18.2 Å². The fourth-order valence-corrected chi connectivity index (χ4v) is 4.75. The number of amides is 1. The lowest BCUT2D eigenvalue weighted by atomic mass is 9.99. The fourth-order valence-electron chi connectivity index (χ4n) is 2.88. The van der Waals surface area contributed by atoms with Gasteiger partial charge in [-0.25, -0.2) is 18.9 Å². The minimum absolute atomic E-state index is 0.0162. The highest BCUT2D eigenvalue weighted by atomic mass is 32.2. The molecule has 0 bridgehead atoms. The summed E-state index contributed by atoms with van der Waals surface area (Å²) >= 11 is 1.39. The zero-order valence-corrected chi connectivity index (χ0v) is 18.7. The SMILES string of the molecule is C[C@@](CCc1nc2ccc(C#CC#CCC3(O)COC3)cc2s1)(C(=O)NO)S(C)(=O)=O. The number of carbonyl (C=O) groups excluding carboxylic acids is 1. The van der Waals surface area contributed by atoms with Gasteiger partial charge in [-0.3, -0.25) is 10.0 Å². The summed E-state index contributed by atoms with van der Waals surface area (Å²) in [6.45, 7) is 1.88. The Kier molecular flexibility index (Phi) is 6.70. The van der Waals surface area contributed by atoms with Crippen molar-refractivity contribution in [1.82, 2.24) is 10.5 Å². The van der Waals surface area contributed by atoms with Gasteiger partial charge in [0.25, 0.3) is 5.91 Å². The van der Waals surface area contributed by atoms with E-state index in [-0.39, 0.29) is 12.8 Å². The predicted molar refractivity (Wildman–Crippen MR) is 116 cm³/mol. The van der Waals surface area contributed by atoms with Gasteiger partial charge in [0.05, 0.1) is 28.4 Å². The van der Waals surface area contributed by atoms with E-state index in [4.69, 9.17) is 9.94 Å². The minimum Gasteiger partial charge on any atom is -0.384 e. The van der Waals surface area contributed by atoms with Crippen LogP contribution in [-0.4, -0.2) is 59.4 Å². The van der Waals surface area contributed by atoms with Crippen LogP contribution in [0.25, 0.3) is 10.2 Å². The number of aryl methyl sites for hydroxylation is 1. The van der Waals surface area contributed by atoms with Gasteiger partial charge in [-0.2, -0.15) is 0 Å². The van der Waals surface area contributed by atoms with E-state index in [1.54, 1.807) is 0 Å². The normalized spacial score (nSPS) is 16.8. The first-order chi connectivity index (χ1) is 14.6. The van der Waals surface area contributed by atoms with Crippen molar-refractivity contribution in [1.29, 1.82) is 0 Å². The summed E-state index contributed by atoms with van der Waals surface area (Å²) in [5, 5.41) is 19.5. The van der Waals surface area contributed by atoms with Crippen molar-refractivity contribution in [3.05, 3.63) is 28.8 Å². The van der Waals surface area contributed by atoms with Gasteiger partial charge < -0.3 is 9.84 Å². The number of sulfone groups is 1. The number of nitrogens with zero attached hydrogens (tertiary/aromatic N) is 1.